The van der Waals surface area contributed by atoms with Crippen molar-refractivity contribution in [3.63, 3.8) is 0 Å². The summed E-state index contributed by atoms with van der Waals surface area (Å²) in [7, 11) is 0. The van der Waals surface area contributed by atoms with Crippen LogP contribution in [0.15, 0.2) is 55.0 Å². The van der Waals surface area contributed by atoms with Gasteiger partial charge in [-0.25, -0.2) is 13.8 Å². The van der Waals surface area contributed by atoms with E-state index in [-0.39, 0.29) is 18.9 Å². The van der Waals surface area contributed by atoms with Crippen molar-refractivity contribution >= 4 is 28.3 Å². The summed E-state index contributed by atoms with van der Waals surface area (Å²) in [6.07, 6.45) is 8.58. The fourth-order valence-electron chi connectivity index (χ4n) is 5.28. The number of alkyl halides is 2. The van der Waals surface area contributed by atoms with E-state index in [9.17, 15) is 13.6 Å². The maximum absolute atomic E-state index is 13.6. The van der Waals surface area contributed by atoms with Gasteiger partial charge in [-0.15, -0.1) is 0 Å². The molecule has 196 valence electrons. The van der Waals surface area contributed by atoms with Gasteiger partial charge in [0.2, 0.25) is 0 Å². The van der Waals surface area contributed by atoms with Crippen LogP contribution in [0, 0.1) is 0 Å². The molecule has 2 N–H and O–H groups in total. The number of halogens is 2. The van der Waals surface area contributed by atoms with Crippen LogP contribution in [0.3, 0.4) is 0 Å². The smallest absolute Gasteiger partial charge is 0.276 e. The van der Waals surface area contributed by atoms with E-state index < -0.39 is 5.92 Å². The molecule has 0 atom stereocenters. The number of aromatic amines is 1. The molecule has 10 heteroatoms. The second kappa shape index (κ2) is 10.1. The Hall–Kier alpha value is -3.92. The van der Waals surface area contributed by atoms with Crippen LogP contribution in [-0.4, -0.2) is 63.1 Å². The highest BCUT2D eigenvalue weighted by Crippen LogP contribution is 2.30. The predicted molar refractivity (Wildman–Crippen MR) is 142 cm³/mol. The van der Waals surface area contributed by atoms with Gasteiger partial charge in [-0.2, -0.15) is 5.10 Å². The minimum atomic E-state index is -2.63. The number of aromatic nitrogens is 4. The summed E-state index contributed by atoms with van der Waals surface area (Å²) in [6.45, 7) is 2.50. The van der Waals surface area contributed by atoms with Gasteiger partial charge in [0.25, 0.3) is 11.8 Å². The number of carbonyl (C=O) groups excluding carboxylic acids is 1. The summed E-state index contributed by atoms with van der Waals surface area (Å²) >= 11 is 0. The van der Waals surface area contributed by atoms with E-state index in [0.717, 1.165) is 54.0 Å². The second-order valence-electron chi connectivity index (χ2n) is 10.1. The van der Waals surface area contributed by atoms with Crippen molar-refractivity contribution < 1.29 is 13.6 Å². The highest BCUT2D eigenvalue weighted by atomic mass is 19.3. The minimum Gasteiger partial charge on any atom is -0.357 e. The zero-order chi connectivity index (χ0) is 26.1. The molecule has 2 aliphatic rings. The molecule has 3 aromatic heterocycles. The van der Waals surface area contributed by atoms with E-state index in [0.29, 0.717) is 29.9 Å². The van der Waals surface area contributed by atoms with Crippen molar-refractivity contribution in [1.82, 2.24) is 25.1 Å². The molecule has 38 heavy (non-hydrogen) atoms. The van der Waals surface area contributed by atoms with Gasteiger partial charge in [0.05, 0.1) is 12.1 Å². The van der Waals surface area contributed by atoms with E-state index in [1.165, 1.54) is 6.42 Å². The first-order valence-corrected chi connectivity index (χ1v) is 13.0. The number of rotatable bonds is 6. The summed E-state index contributed by atoms with van der Waals surface area (Å²) in [5, 5.41) is 10.9. The van der Waals surface area contributed by atoms with Crippen molar-refractivity contribution in [3.05, 3.63) is 66.2 Å². The molecule has 0 saturated carbocycles. The molecule has 0 spiro atoms. The van der Waals surface area contributed by atoms with Crippen LogP contribution >= 0.6 is 0 Å². The number of carbonyl (C=O) groups is 1. The van der Waals surface area contributed by atoms with E-state index >= 15 is 0 Å². The molecule has 0 bridgehead atoms. The third-order valence-electron chi connectivity index (χ3n) is 7.24. The zero-order valence-electron chi connectivity index (χ0n) is 21.0. The van der Waals surface area contributed by atoms with Crippen LogP contribution in [0.2, 0.25) is 0 Å². The van der Waals surface area contributed by atoms with Gasteiger partial charge >= 0.3 is 0 Å². The van der Waals surface area contributed by atoms with Crippen molar-refractivity contribution in [2.24, 2.45) is 0 Å². The molecule has 5 heterocycles. The van der Waals surface area contributed by atoms with E-state index in [1.54, 1.807) is 29.6 Å². The molecule has 1 aromatic carbocycles. The molecular formula is C28H29F2N7O. The average Bonchev–Trinajstić information content (AvgIpc) is 3.51. The van der Waals surface area contributed by atoms with Crippen LogP contribution in [0.1, 0.15) is 41.7 Å². The average molecular weight is 518 g/mol. The fourth-order valence-corrected chi connectivity index (χ4v) is 5.28. The first kappa shape index (κ1) is 24.4. The molecule has 0 radical (unpaired) electrons. The van der Waals surface area contributed by atoms with Crippen LogP contribution in [0.25, 0.3) is 22.0 Å². The maximum Gasteiger partial charge on any atom is 0.276 e. The molecule has 8 nitrogen and oxygen atoms in total. The lowest BCUT2D eigenvalue weighted by molar-refractivity contribution is 0.0115. The number of piperidine rings is 1. The number of hydrogen-bond donors (Lipinski definition) is 2. The SMILES string of the molecule is O=C(Nc1ccnc(N2CCCCC2)c1)c1n[nH]c2ccc(-c3cncc(CN4CCC(F)(F)C4)c3)cc12. The highest BCUT2D eigenvalue weighted by Gasteiger charge is 2.37. The lowest BCUT2D eigenvalue weighted by atomic mass is 10.0. The quantitative estimate of drug-likeness (QED) is 0.370. The molecular weight excluding hydrogens is 488 g/mol. The van der Waals surface area contributed by atoms with Gasteiger partial charge in [0.15, 0.2) is 5.69 Å². The number of nitrogens with one attached hydrogen (secondary N) is 2. The largest absolute Gasteiger partial charge is 0.357 e. The Kier molecular flexibility index (Phi) is 6.49. The molecule has 4 aromatic rings. The maximum atomic E-state index is 13.6. The van der Waals surface area contributed by atoms with Crippen molar-refractivity contribution in [2.45, 2.75) is 38.2 Å². The van der Waals surface area contributed by atoms with Gasteiger partial charge in [-0.1, -0.05) is 6.07 Å². The predicted octanol–water partition coefficient (Wildman–Crippen LogP) is 5.10. The van der Waals surface area contributed by atoms with Crippen LogP contribution in [0.5, 0.6) is 0 Å². The Bertz CT molecular complexity index is 1460. The van der Waals surface area contributed by atoms with Gasteiger partial charge in [0, 0.05) is 73.9 Å². The van der Waals surface area contributed by atoms with E-state index in [4.69, 9.17) is 0 Å². The van der Waals surface area contributed by atoms with Gasteiger partial charge in [-0.05, 0) is 54.7 Å². The normalized spacial score (nSPS) is 17.7. The second-order valence-corrected chi connectivity index (χ2v) is 10.1. The first-order chi connectivity index (χ1) is 18.4. The standard InChI is InChI=1S/C28H29F2N7O/c29-28(30)7-11-36(18-28)17-19-12-21(16-31-15-19)20-4-5-24-23(13-20)26(35-34-24)27(38)33-22-6-8-32-25(14-22)37-9-2-1-3-10-37/h4-6,8,12-16H,1-3,7,9-11,17-18H2,(H,34,35)(H,32,33,38). The molecule has 2 fully saturated rings. The van der Waals surface area contributed by atoms with E-state index in [2.05, 4.69) is 30.4 Å². The summed E-state index contributed by atoms with van der Waals surface area (Å²) in [6, 6.07) is 11.4. The number of likely N-dealkylation sites (tertiary alicyclic amines) is 1. The number of fused-ring (bicyclic) bond motifs is 1. The fraction of sp³-hybridized carbons (Fsp3) is 0.357. The summed E-state index contributed by atoms with van der Waals surface area (Å²) in [5.41, 5.74) is 4.29. The first-order valence-electron chi connectivity index (χ1n) is 13.0. The number of anilines is 2. The Morgan fingerprint density at radius 3 is 2.71 bits per heavy atom. The number of benzene rings is 1. The molecule has 0 unspecified atom stereocenters. The number of amides is 1. The Labute approximate surface area is 219 Å². The molecule has 6 rings (SSSR count). The van der Waals surface area contributed by atoms with Gasteiger partial charge < -0.3 is 10.2 Å². The third kappa shape index (κ3) is 5.22. The van der Waals surface area contributed by atoms with Gasteiger partial charge in [0.1, 0.15) is 5.82 Å². The van der Waals surface area contributed by atoms with E-state index in [1.807, 2.05) is 30.3 Å². The van der Waals surface area contributed by atoms with Crippen molar-refractivity contribution in [2.75, 3.05) is 36.4 Å². The zero-order valence-corrected chi connectivity index (χ0v) is 21.0. The van der Waals surface area contributed by atoms with Crippen LogP contribution in [-0.2, 0) is 6.54 Å². The summed E-state index contributed by atoms with van der Waals surface area (Å²) in [4.78, 5) is 26.0. The third-order valence-corrected chi connectivity index (χ3v) is 7.24. The Balaban J connectivity index is 1.21. The molecule has 1 amide bonds. The topological polar surface area (TPSA) is 90.0 Å². The Morgan fingerprint density at radius 1 is 1.03 bits per heavy atom. The Morgan fingerprint density at radius 2 is 1.89 bits per heavy atom. The number of hydrogen-bond acceptors (Lipinski definition) is 6. The highest BCUT2D eigenvalue weighted by molar-refractivity contribution is 6.11. The lowest BCUT2D eigenvalue weighted by Crippen LogP contribution is -2.30. The summed E-state index contributed by atoms with van der Waals surface area (Å²) < 4.78 is 27.2. The minimum absolute atomic E-state index is 0.110. The van der Waals surface area contributed by atoms with Crippen molar-refractivity contribution in [1.29, 1.82) is 0 Å². The molecule has 0 aliphatic carbocycles. The monoisotopic (exact) mass is 517 g/mol. The molecule has 2 saturated heterocycles. The van der Waals surface area contributed by atoms with Crippen LogP contribution in [0.4, 0.5) is 20.3 Å². The number of nitrogens with zero attached hydrogens (tertiary/aromatic N) is 5. The van der Waals surface area contributed by atoms with Gasteiger partial charge in [-0.3, -0.25) is 19.8 Å². The molecule has 2 aliphatic heterocycles. The number of H-pyrrole nitrogens is 1. The van der Waals surface area contributed by atoms with Crippen molar-refractivity contribution in [3.8, 4) is 11.1 Å². The lowest BCUT2D eigenvalue weighted by Gasteiger charge is -2.27. The number of pyridine rings is 2. The van der Waals surface area contributed by atoms with Crippen LogP contribution < -0.4 is 10.2 Å². The summed E-state index contributed by atoms with van der Waals surface area (Å²) in [5.74, 6) is -2.08.